The molecule has 1 saturated heterocycles. The summed E-state index contributed by atoms with van der Waals surface area (Å²) in [5, 5.41) is 3.01. The van der Waals surface area contributed by atoms with Crippen LogP contribution in [0.3, 0.4) is 0 Å². The fourth-order valence-electron chi connectivity index (χ4n) is 3.00. The number of nitrogens with one attached hydrogen (secondary N) is 1. The van der Waals surface area contributed by atoms with Crippen molar-refractivity contribution in [2.45, 2.75) is 19.8 Å². The summed E-state index contributed by atoms with van der Waals surface area (Å²) in [6, 6.07) is 5.99. The van der Waals surface area contributed by atoms with Crippen molar-refractivity contribution < 1.29 is 13.9 Å². The lowest BCUT2D eigenvalue weighted by Gasteiger charge is -2.32. The van der Waals surface area contributed by atoms with E-state index in [2.05, 4.69) is 15.3 Å². The molecule has 1 N–H and O–H groups in total. The first-order valence-electron chi connectivity index (χ1n) is 8.89. The van der Waals surface area contributed by atoms with Gasteiger partial charge in [0.05, 0.1) is 12.2 Å². The third kappa shape index (κ3) is 4.68. The number of ether oxygens (including phenoxy) is 1. The van der Waals surface area contributed by atoms with Gasteiger partial charge in [-0.05, 0) is 44.0 Å². The second-order valence-corrected chi connectivity index (χ2v) is 6.35. The van der Waals surface area contributed by atoms with Gasteiger partial charge < -0.3 is 15.0 Å². The Hall–Kier alpha value is -2.70. The minimum Gasteiger partial charge on any atom is -0.493 e. The fourth-order valence-corrected chi connectivity index (χ4v) is 3.00. The van der Waals surface area contributed by atoms with Crippen molar-refractivity contribution in [3.05, 3.63) is 48.0 Å². The molecular formula is C19H23FN4O2. The highest BCUT2D eigenvalue weighted by Gasteiger charge is 2.25. The second-order valence-electron chi connectivity index (χ2n) is 6.35. The van der Waals surface area contributed by atoms with Crippen LogP contribution in [-0.2, 0) is 0 Å². The number of likely N-dealkylation sites (tertiary alicyclic amines) is 1. The van der Waals surface area contributed by atoms with Crippen molar-refractivity contribution in [2.24, 2.45) is 5.92 Å². The number of halogens is 1. The predicted molar refractivity (Wildman–Crippen MR) is 96.7 cm³/mol. The molecule has 1 atom stereocenters. The first kappa shape index (κ1) is 18.1. The van der Waals surface area contributed by atoms with Crippen LogP contribution in [0.1, 0.15) is 30.1 Å². The SMILES string of the molecule is CCNc1ncc(C(=O)N2CCCC(COc3ccc(F)cc3)C2)cn1. The van der Waals surface area contributed by atoms with Crippen LogP contribution < -0.4 is 10.1 Å². The molecule has 1 aliphatic rings. The second kappa shape index (κ2) is 8.60. The van der Waals surface area contributed by atoms with Gasteiger partial charge in [0.2, 0.25) is 5.95 Å². The van der Waals surface area contributed by atoms with Crippen LogP contribution in [-0.4, -0.2) is 47.0 Å². The third-order valence-electron chi connectivity index (χ3n) is 4.34. The number of piperidine rings is 1. The fraction of sp³-hybridized carbons (Fsp3) is 0.421. The monoisotopic (exact) mass is 358 g/mol. The molecule has 1 fully saturated rings. The topological polar surface area (TPSA) is 67.4 Å². The zero-order valence-electron chi connectivity index (χ0n) is 14.8. The van der Waals surface area contributed by atoms with Crippen LogP contribution in [0.5, 0.6) is 5.75 Å². The average molecular weight is 358 g/mol. The summed E-state index contributed by atoms with van der Waals surface area (Å²) < 4.78 is 18.7. The van der Waals surface area contributed by atoms with Crippen molar-refractivity contribution in [1.29, 1.82) is 0 Å². The molecule has 1 unspecified atom stereocenters. The predicted octanol–water partition coefficient (Wildman–Crippen LogP) is 2.98. The average Bonchev–Trinajstić information content (AvgIpc) is 2.68. The molecule has 6 nitrogen and oxygen atoms in total. The Morgan fingerprint density at radius 3 is 2.73 bits per heavy atom. The van der Waals surface area contributed by atoms with E-state index in [0.29, 0.717) is 30.4 Å². The van der Waals surface area contributed by atoms with Gasteiger partial charge in [0.1, 0.15) is 11.6 Å². The largest absolute Gasteiger partial charge is 0.493 e. The highest BCUT2D eigenvalue weighted by Crippen LogP contribution is 2.20. The number of anilines is 1. The lowest BCUT2D eigenvalue weighted by molar-refractivity contribution is 0.0632. The molecule has 1 aromatic heterocycles. The van der Waals surface area contributed by atoms with Crippen molar-refractivity contribution in [1.82, 2.24) is 14.9 Å². The van der Waals surface area contributed by atoms with Crippen LogP contribution >= 0.6 is 0 Å². The van der Waals surface area contributed by atoms with Gasteiger partial charge in [0, 0.05) is 37.9 Å². The number of rotatable bonds is 6. The quantitative estimate of drug-likeness (QED) is 0.860. The molecule has 3 rings (SSSR count). The van der Waals surface area contributed by atoms with Gasteiger partial charge in [-0.2, -0.15) is 0 Å². The van der Waals surface area contributed by atoms with Gasteiger partial charge in [0.15, 0.2) is 0 Å². The number of carbonyl (C=O) groups excluding carboxylic acids is 1. The maximum absolute atomic E-state index is 12.9. The van der Waals surface area contributed by atoms with Crippen molar-refractivity contribution >= 4 is 11.9 Å². The number of carbonyl (C=O) groups is 1. The summed E-state index contributed by atoms with van der Waals surface area (Å²) in [7, 11) is 0. The highest BCUT2D eigenvalue weighted by atomic mass is 19.1. The molecule has 138 valence electrons. The van der Waals surface area contributed by atoms with E-state index in [1.807, 2.05) is 11.8 Å². The van der Waals surface area contributed by atoms with Crippen LogP contribution in [0.15, 0.2) is 36.7 Å². The molecule has 2 aromatic rings. The van der Waals surface area contributed by atoms with E-state index >= 15 is 0 Å². The smallest absolute Gasteiger partial charge is 0.257 e. The van der Waals surface area contributed by atoms with Crippen LogP contribution in [0.25, 0.3) is 0 Å². The van der Waals surface area contributed by atoms with E-state index in [0.717, 1.165) is 25.9 Å². The van der Waals surface area contributed by atoms with Crippen LogP contribution in [0, 0.1) is 11.7 Å². The third-order valence-corrected chi connectivity index (χ3v) is 4.34. The Bertz CT molecular complexity index is 721. The van der Waals surface area contributed by atoms with E-state index in [1.54, 1.807) is 24.5 Å². The lowest BCUT2D eigenvalue weighted by Crippen LogP contribution is -2.41. The Morgan fingerprint density at radius 2 is 2.04 bits per heavy atom. The molecule has 1 amide bonds. The Balaban J connectivity index is 1.55. The summed E-state index contributed by atoms with van der Waals surface area (Å²) in [5.41, 5.74) is 0.492. The van der Waals surface area contributed by atoms with Crippen LogP contribution in [0.4, 0.5) is 10.3 Å². The van der Waals surface area contributed by atoms with E-state index in [4.69, 9.17) is 4.74 Å². The van der Waals surface area contributed by atoms with Crippen molar-refractivity contribution in [2.75, 3.05) is 31.6 Å². The summed E-state index contributed by atoms with van der Waals surface area (Å²) in [6.07, 6.45) is 5.05. The Morgan fingerprint density at radius 1 is 1.31 bits per heavy atom. The minimum absolute atomic E-state index is 0.0560. The maximum Gasteiger partial charge on any atom is 0.257 e. The number of amides is 1. The normalized spacial score (nSPS) is 17.0. The molecule has 0 bridgehead atoms. The van der Waals surface area contributed by atoms with Crippen molar-refractivity contribution in [3.8, 4) is 5.75 Å². The van der Waals surface area contributed by atoms with E-state index < -0.39 is 0 Å². The zero-order chi connectivity index (χ0) is 18.4. The number of benzene rings is 1. The summed E-state index contributed by atoms with van der Waals surface area (Å²) in [5.74, 6) is 1.07. The van der Waals surface area contributed by atoms with Gasteiger partial charge in [-0.15, -0.1) is 0 Å². The summed E-state index contributed by atoms with van der Waals surface area (Å²) in [6.45, 7) is 4.56. The van der Waals surface area contributed by atoms with Gasteiger partial charge in [-0.1, -0.05) is 0 Å². The lowest BCUT2D eigenvalue weighted by atomic mass is 9.98. The van der Waals surface area contributed by atoms with Gasteiger partial charge in [0.25, 0.3) is 5.91 Å². The molecule has 0 radical (unpaired) electrons. The highest BCUT2D eigenvalue weighted by molar-refractivity contribution is 5.93. The van der Waals surface area contributed by atoms with Gasteiger partial charge >= 0.3 is 0 Å². The summed E-state index contributed by atoms with van der Waals surface area (Å²) in [4.78, 5) is 22.8. The summed E-state index contributed by atoms with van der Waals surface area (Å²) >= 11 is 0. The van der Waals surface area contributed by atoms with E-state index in [9.17, 15) is 9.18 Å². The number of aromatic nitrogens is 2. The molecule has 0 saturated carbocycles. The molecular weight excluding hydrogens is 335 g/mol. The molecule has 2 heterocycles. The maximum atomic E-state index is 12.9. The first-order valence-corrected chi connectivity index (χ1v) is 8.89. The standard InChI is InChI=1S/C19H23FN4O2/c1-2-21-19-22-10-15(11-23-19)18(25)24-9-3-4-14(12-24)13-26-17-7-5-16(20)6-8-17/h5-8,10-11,14H,2-4,9,12-13H2,1H3,(H,21,22,23). The zero-order valence-corrected chi connectivity index (χ0v) is 14.8. The molecule has 0 spiro atoms. The minimum atomic E-state index is -0.283. The van der Waals surface area contributed by atoms with E-state index in [1.165, 1.54) is 12.1 Å². The number of nitrogens with zero attached hydrogens (tertiary/aromatic N) is 3. The Kier molecular flexibility index (Phi) is 5.99. The van der Waals surface area contributed by atoms with Gasteiger partial charge in [-0.3, -0.25) is 4.79 Å². The van der Waals surface area contributed by atoms with Crippen molar-refractivity contribution in [3.63, 3.8) is 0 Å². The van der Waals surface area contributed by atoms with Gasteiger partial charge in [-0.25, -0.2) is 14.4 Å². The first-order chi connectivity index (χ1) is 12.7. The molecule has 1 aliphatic heterocycles. The van der Waals surface area contributed by atoms with E-state index in [-0.39, 0.29) is 17.6 Å². The van der Waals surface area contributed by atoms with Crippen LogP contribution in [0.2, 0.25) is 0 Å². The Labute approximate surface area is 152 Å². The number of hydrogen-bond acceptors (Lipinski definition) is 5. The molecule has 1 aromatic carbocycles. The molecule has 7 heteroatoms. The number of hydrogen-bond donors (Lipinski definition) is 1. The molecule has 26 heavy (non-hydrogen) atoms. The molecule has 0 aliphatic carbocycles.